The third-order valence-corrected chi connectivity index (χ3v) is 5.71. The molecule has 0 fully saturated rings. The molecule has 6 nitrogen and oxygen atoms in total. The van der Waals surface area contributed by atoms with Crippen LogP contribution in [-0.4, -0.2) is 30.8 Å². The summed E-state index contributed by atoms with van der Waals surface area (Å²) in [5, 5.41) is 4.21. The number of rotatable bonds is 6. The van der Waals surface area contributed by atoms with Gasteiger partial charge in [0.05, 0.1) is 10.6 Å². The lowest BCUT2D eigenvalue weighted by Crippen LogP contribution is -2.36. The minimum Gasteiger partial charge on any atom is -0.390 e. The Morgan fingerprint density at radius 1 is 0.903 bits per heavy atom. The van der Waals surface area contributed by atoms with Crippen LogP contribution in [0, 0.1) is 0 Å². The summed E-state index contributed by atoms with van der Waals surface area (Å²) in [5.41, 5.74) is 9.85. The molecule has 0 spiro atoms. The van der Waals surface area contributed by atoms with Crippen LogP contribution in [0.15, 0.2) is 101 Å². The van der Waals surface area contributed by atoms with Crippen LogP contribution in [0.1, 0.15) is 17.5 Å². The van der Waals surface area contributed by atoms with Crippen LogP contribution >= 0.6 is 0 Å². The molecule has 0 radical (unpaired) electrons. The largest absolute Gasteiger partial charge is 0.390 e. The Labute approximate surface area is 183 Å². The molecule has 0 saturated carbocycles. The van der Waals surface area contributed by atoms with Crippen molar-refractivity contribution < 1.29 is 17.8 Å². The molecule has 162 valence electrons. The van der Waals surface area contributed by atoms with Crippen molar-refractivity contribution in [3.63, 3.8) is 0 Å². The van der Waals surface area contributed by atoms with Gasteiger partial charge >= 0.3 is 0 Å². The number of benzene rings is 3. The molecule has 0 unspecified atom stereocenters. The lowest BCUT2D eigenvalue weighted by Gasteiger charge is -2.17. The van der Waals surface area contributed by atoms with Gasteiger partial charge in [-0.2, -0.15) is 8.42 Å². The maximum Gasteiger partial charge on any atom is 0.294 e. The van der Waals surface area contributed by atoms with Gasteiger partial charge < -0.3 is 10.6 Å². The number of oxime groups is 1. The van der Waals surface area contributed by atoms with Crippen LogP contribution in [0.5, 0.6) is 0 Å². The van der Waals surface area contributed by atoms with E-state index in [1.807, 2.05) is 36.4 Å². The molecule has 0 aliphatic carbocycles. The van der Waals surface area contributed by atoms with E-state index in [0.29, 0.717) is 0 Å². The van der Waals surface area contributed by atoms with Gasteiger partial charge in [0.2, 0.25) is 0 Å². The van der Waals surface area contributed by atoms with Crippen molar-refractivity contribution in [1.82, 2.24) is 0 Å². The fourth-order valence-electron chi connectivity index (χ4n) is 3.22. The molecular formula is C24H26N2O4S. The molecule has 1 aliphatic heterocycles. The highest BCUT2D eigenvalue weighted by Crippen LogP contribution is 2.18. The van der Waals surface area contributed by atoms with Gasteiger partial charge in [0.15, 0.2) is 0 Å². The van der Waals surface area contributed by atoms with Gasteiger partial charge in [0.25, 0.3) is 10.1 Å². The minimum absolute atomic E-state index is 0.0103. The van der Waals surface area contributed by atoms with Crippen LogP contribution in [0.4, 0.5) is 0 Å². The Morgan fingerprint density at radius 3 is 1.94 bits per heavy atom. The molecule has 1 heterocycles. The minimum atomic E-state index is -4.00. The van der Waals surface area contributed by atoms with Crippen LogP contribution in [0.25, 0.3) is 0 Å². The van der Waals surface area contributed by atoms with Crippen LogP contribution < -0.4 is 5.73 Å². The average molecular weight is 439 g/mol. The SMILES string of the molecule is N[C@@H](Cc1ccccc1)[C@@H]1CC(Cc2ccccc2)=NO1.O=S(=O)(O)c1ccccc1. The second-order valence-electron chi connectivity index (χ2n) is 7.31. The summed E-state index contributed by atoms with van der Waals surface area (Å²) in [6, 6.07) is 28.0. The molecule has 0 bridgehead atoms. The quantitative estimate of drug-likeness (QED) is 0.569. The van der Waals surface area contributed by atoms with E-state index in [1.165, 1.54) is 23.3 Å². The Morgan fingerprint density at radius 2 is 1.42 bits per heavy atom. The van der Waals surface area contributed by atoms with Crippen molar-refractivity contribution in [1.29, 1.82) is 0 Å². The Balaban J connectivity index is 0.000000229. The van der Waals surface area contributed by atoms with Gasteiger partial charge in [-0.15, -0.1) is 0 Å². The first-order valence-corrected chi connectivity index (χ1v) is 11.4. The van der Waals surface area contributed by atoms with E-state index in [4.69, 9.17) is 15.1 Å². The zero-order valence-corrected chi connectivity index (χ0v) is 17.9. The molecule has 3 aromatic rings. The second-order valence-corrected chi connectivity index (χ2v) is 8.73. The van der Waals surface area contributed by atoms with Crippen LogP contribution in [0.2, 0.25) is 0 Å². The number of hydrogen-bond acceptors (Lipinski definition) is 5. The van der Waals surface area contributed by atoms with Gasteiger partial charge in [-0.25, -0.2) is 0 Å². The van der Waals surface area contributed by atoms with E-state index in [9.17, 15) is 8.42 Å². The van der Waals surface area contributed by atoms with E-state index >= 15 is 0 Å². The summed E-state index contributed by atoms with van der Waals surface area (Å²) in [5.74, 6) is 0. The Hall–Kier alpha value is -3.00. The number of hydrogen-bond donors (Lipinski definition) is 2. The summed E-state index contributed by atoms with van der Waals surface area (Å²) in [7, 11) is -4.00. The molecule has 0 aromatic heterocycles. The standard InChI is InChI=1S/C18H20N2O.C6H6O3S/c19-17(12-15-9-5-2-6-10-15)18-13-16(20-21-18)11-14-7-3-1-4-8-14;7-10(8,9)6-4-2-1-3-5-6/h1-10,17-18H,11-13,19H2;1-5H,(H,7,8,9)/t17-,18-;/m0./s1. The first kappa shape index (κ1) is 22.7. The van der Waals surface area contributed by atoms with E-state index in [2.05, 4.69) is 29.4 Å². The first-order chi connectivity index (χ1) is 14.9. The van der Waals surface area contributed by atoms with Crippen molar-refractivity contribution in [2.24, 2.45) is 10.9 Å². The Bertz CT molecular complexity index is 1070. The predicted molar refractivity (Wildman–Crippen MR) is 121 cm³/mol. The molecular weight excluding hydrogens is 412 g/mol. The maximum absolute atomic E-state index is 10.4. The maximum atomic E-state index is 10.4. The summed E-state index contributed by atoms with van der Waals surface area (Å²) < 4.78 is 29.2. The van der Waals surface area contributed by atoms with E-state index in [-0.39, 0.29) is 17.0 Å². The van der Waals surface area contributed by atoms with E-state index in [0.717, 1.165) is 25.0 Å². The predicted octanol–water partition coefficient (Wildman–Crippen LogP) is 3.88. The van der Waals surface area contributed by atoms with Crippen LogP contribution in [0.3, 0.4) is 0 Å². The molecule has 0 saturated heterocycles. The van der Waals surface area contributed by atoms with Crippen molar-refractivity contribution in [3.8, 4) is 0 Å². The summed E-state index contributed by atoms with van der Waals surface area (Å²) >= 11 is 0. The molecule has 3 N–H and O–H groups in total. The highest BCUT2D eigenvalue weighted by Gasteiger charge is 2.27. The average Bonchev–Trinajstić information content (AvgIpc) is 3.24. The van der Waals surface area contributed by atoms with Crippen molar-refractivity contribution in [3.05, 3.63) is 102 Å². The zero-order valence-electron chi connectivity index (χ0n) is 17.0. The smallest absolute Gasteiger partial charge is 0.294 e. The lowest BCUT2D eigenvalue weighted by molar-refractivity contribution is 0.0659. The molecule has 3 aromatic carbocycles. The molecule has 4 rings (SSSR count). The summed E-state index contributed by atoms with van der Waals surface area (Å²) in [6.07, 6.45) is 2.47. The van der Waals surface area contributed by atoms with E-state index < -0.39 is 10.1 Å². The third kappa shape index (κ3) is 7.32. The summed E-state index contributed by atoms with van der Waals surface area (Å²) in [6.45, 7) is 0. The highest BCUT2D eigenvalue weighted by atomic mass is 32.2. The molecule has 1 aliphatic rings. The molecule has 2 atom stereocenters. The number of nitrogens with two attached hydrogens (primary N) is 1. The van der Waals surface area contributed by atoms with Crippen molar-refractivity contribution in [2.75, 3.05) is 0 Å². The fraction of sp³-hybridized carbons (Fsp3) is 0.208. The third-order valence-electron chi connectivity index (χ3n) is 4.84. The zero-order chi connectivity index (χ0) is 22.1. The van der Waals surface area contributed by atoms with Gasteiger partial charge in [0.1, 0.15) is 6.10 Å². The molecule has 7 heteroatoms. The first-order valence-electron chi connectivity index (χ1n) is 9.99. The van der Waals surface area contributed by atoms with Gasteiger partial charge in [-0.3, -0.25) is 4.55 Å². The van der Waals surface area contributed by atoms with Crippen LogP contribution in [-0.2, 0) is 27.8 Å². The Kier molecular flexibility index (Phi) is 7.94. The highest BCUT2D eigenvalue weighted by molar-refractivity contribution is 7.85. The van der Waals surface area contributed by atoms with Crippen molar-refractivity contribution >= 4 is 15.8 Å². The fourth-order valence-corrected chi connectivity index (χ4v) is 3.73. The lowest BCUT2D eigenvalue weighted by atomic mass is 9.97. The van der Waals surface area contributed by atoms with Gasteiger partial charge in [0, 0.05) is 18.9 Å². The normalized spacial score (nSPS) is 16.5. The molecule has 0 amide bonds. The monoisotopic (exact) mass is 438 g/mol. The van der Waals surface area contributed by atoms with Gasteiger partial charge in [-0.05, 0) is 29.7 Å². The van der Waals surface area contributed by atoms with E-state index in [1.54, 1.807) is 18.2 Å². The number of nitrogens with zero attached hydrogens (tertiary/aromatic N) is 1. The second kappa shape index (κ2) is 10.9. The summed E-state index contributed by atoms with van der Waals surface area (Å²) in [4.78, 5) is 5.46. The topological polar surface area (TPSA) is 102 Å². The molecule has 31 heavy (non-hydrogen) atoms. The van der Waals surface area contributed by atoms with Crippen molar-refractivity contribution in [2.45, 2.75) is 36.3 Å². The van der Waals surface area contributed by atoms with Gasteiger partial charge in [-0.1, -0.05) is 84.0 Å².